The summed E-state index contributed by atoms with van der Waals surface area (Å²) in [6, 6.07) is 1.94. The highest BCUT2D eigenvalue weighted by Gasteiger charge is 2.33. The zero-order valence-corrected chi connectivity index (χ0v) is 12.8. The zero-order valence-electron chi connectivity index (χ0n) is 12.8. The number of carbonyl (C=O) groups is 2. The highest BCUT2D eigenvalue weighted by molar-refractivity contribution is 5.87. The molecule has 2 amide bonds. The molecule has 1 aromatic rings. The number of anilines is 1. The monoisotopic (exact) mass is 306 g/mol. The maximum Gasteiger partial charge on any atom is 0.251 e. The lowest BCUT2D eigenvalue weighted by atomic mass is 10.1. The fourth-order valence-electron chi connectivity index (χ4n) is 3.09. The van der Waals surface area contributed by atoms with E-state index in [1.807, 2.05) is 15.8 Å². The molecule has 3 heterocycles. The molecule has 2 fully saturated rings. The average Bonchev–Trinajstić information content (AvgIpc) is 3.15. The summed E-state index contributed by atoms with van der Waals surface area (Å²) in [4.78, 5) is 25.4. The molecule has 1 N–H and O–H groups in total. The molecule has 7 nitrogen and oxygen atoms in total. The summed E-state index contributed by atoms with van der Waals surface area (Å²) in [6.07, 6.45) is 5.40. The van der Waals surface area contributed by atoms with Crippen molar-refractivity contribution in [3.05, 3.63) is 12.3 Å². The molecule has 0 saturated carbocycles. The highest BCUT2D eigenvalue weighted by Crippen LogP contribution is 2.24. The van der Waals surface area contributed by atoms with E-state index in [1.165, 1.54) is 6.92 Å². The van der Waals surface area contributed by atoms with Crippen LogP contribution in [0.4, 0.5) is 5.82 Å². The molecule has 22 heavy (non-hydrogen) atoms. The van der Waals surface area contributed by atoms with E-state index in [0.29, 0.717) is 19.0 Å². The molecule has 3 rings (SSSR count). The Morgan fingerprint density at radius 1 is 1.36 bits per heavy atom. The van der Waals surface area contributed by atoms with E-state index in [-0.39, 0.29) is 24.0 Å². The topological polar surface area (TPSA) is 76.5 Å². The normalized spacial score (nSPS) is 25.2. The number of hydrogen-bond acceptors (Lipinski definition) is 4. The maximum atomic E-state index is 12.4. The van der Waals surface area contributed by atoms with Gasteiger partial charge in [-0.25, -0.2) is 0 Å². The first-order valence-electron chi connectivity index (χ1n) is 7.86. The average molecular weight is 306 g/mol. The molecule has 2 saturated heterocycles. The van der Waals surface area contributed by atoms with E-state index in [0.717, 1.165) is 32.2 Å². The summed E-state index contributed by atoms with van der Waals surface area (Å²) in [5.41, 5.74) is 0. The van der Waals surface area contributed by atoms with Crippen LogP contribution in [0.3, 0.4) is 0 Å². The molecule has 7 heteroatoms. The summed E-state index contributed by atoms with van der Waals surface area (Å²) >= 11 is 0. The Bertz CT molecular complexity index is 551. The van der Waals surface area contributed by atoms with E-state index in [2.05, 4.69) is 10.4 Å². The minimum absolute atomic E-state index is 0.108. The Morgan fingerprint density at radius 2 is 2.23 bits per heavy atom. The van der Waals surface area contributed by atoms with Crippen LogP contribution in [0.15, 0.2) is 12.3 Å². The Labute approximate surface area is 129 Å². The van der Waals surface area contributed by atoms with E-state index in [1.54, 1.807) is 6.07 Å². The lowest BCUT2D eigenvalue weighted by Crippen LogP contribution is -2.40. The zero-order chi connectivity index (χ0) is 15.5. The molecule has 2 aliphatic heterocycles. The first-order valence-corrected chi connectivity index (χ1v) is 7.86. The Hall–Kier alpha value is -1.89. The van der Waals surface area contributed by atoms with Gasteiger partial charge in [0.05, 0.1) is 6.04 Å². The summed E-state index contributed by atoms with van der Waals surface area (Å²) in [5, 5.41) is 7.02. The minimum atomic E-state index is -0.264. The summed E-state index contributed by atoms with van der Waals surface area (Å²) in [6.45, 7) is 3.53. The van der Waals surface area contributed by atoms with Crippen molar-refractivity contribution >= 4 is 17.6 Å². The van der Waals surface area contributed by atoms with E-state index in [4.69, 9.17) is 4.74 Å². The van der Waals surface area contributed by atoms with Gasteiger partial charge in [-0.3, -0.25) is 14.3 Å². The Balaban J connectivity index is 1.58. The molecule has 0 spiro atoms. The van der Waals surface area contributed by atoms with Gasteiger partial charge in [0.25, 0.3) is 5.91 Å². The second-order valence-corrected chi connectivity index (χ2v) is 5.94. The first-order chi connectivity index (χ1) is 10.6. The van der Waals surface area contributed by atoms with E-state index < -0.39 is 0 Å². The number of nitrogens with one attached hydrogen (secondary N) is 1. The molecule has 2 aliphatic rings. The van der Waals surface area contributed by atoms with Crippen molar-refractivity contribution in [2.75, 3.05) is 25.0 Å². The maximum absolute atomic E-state index is 12.4. The van der Waals surface area contributed by atoms with Crippen LogP contribution >= 0.6 is 0 Å². The molecular formula is C15H22N4O3. The molecule has 2 atom stereocenters. The van der Waals surface area contributed by atoms with E-state index in [9.17, 15) is 9.59 Å². The Kier molecular flexibility index (Phi) is 4.42. The van der Waals surface area contributed by atoms with Gasteiger partial charge in [-0.1, -0.05) is 0 Å². The second kappa shape index (κ2) is 6.48. The van der Waals surface area contributed by atoms with Gasteiger partial charge < -0.3 is 15.0 Å². The number of rotatable bonds is 3. The molecule has 0 radical (unpaired) electrons. The molecule has 1 aromatic heterocycles. The third kappa shape index (κ3) is 3.30. The third-order valence-electron chi connectivity index (χ3n) is 4.22. The molecule has 0 bridgehead atoms. The van der Waals surface area contributed by atoms with Gasteiger partial charge in [-0.15, -0.1) is 0 Å². The van der Waals surface area contributed by atoms with Crippen molar-refractivity contribution in [3.63, 3.8) is 0 Å². The van der Waals surface area contributed by atoms with Gasteiger partial charge in [0, 0.05) is 38.9 Å². The second-order valence-electron chi connectivity index (χ2n) is 5.94. The molecular weight excluding hydrogens is 284 g/mol. The van der Waals surface area contributed by atoms with Crippen molar-refractivity contribution < 1.29 is 14.3 Å². The van der Waals surface area contributed by atoms with Crippen LogP contribution in [0.1, 0.15) is 38.6 Å². The largest absolute Gasteiger partial charge is 0.368 e. The van der Waals surface area contributed by atoms with Crippen molar-refractivity contribution in [1.29, 1.82) is 0 Å². The van der Waals surface area contributed by atoms with Crippen molar-refractivity contribution in [3.8, 4) is 0 Å². The number of hydrogen-bond donors (Lipinski definition) is 1. The summed E-state index contributed by atoms with van der Waals surface area (Å²) in [7, 11) is 0. The number of likely N-dealkylation sites (tertiary alicyclic amines) is 1. The van der Waals surface area contributed by atoms with Gasteiger partial charge in [0.1, 0.15) is 6.10 Å². The van der Waals surface area contributed by atoms with Crippen molar-refractivity contribution in [2.45, 2.75) is 44.8 Å². The molecule has 120 valence electrons. The number of aromatic nitrogens is 2. The van der Waals surface area contributed by atoms with Crippen molar-refractivity contribution in [2.24, 2.45) is 0 Å². The lowest BCUT2D eigenvalue weighted by Gasteiger charge is -2.26. The number of nitrogens with zero attached hydrogens (tertiary/aromatic N) is 3. The van der Waals surface area contributed by atoms with Gasteiger partial charge in [0.2, 0.25) is 5.91 Å². The quantitative estimate of drug-likeness (QED) is 0.910. The van der Waals surface area contributed by atoms with Gasteiger partial charge in [0.15, 0.2) is 5.82 Å². The van der Waals surface area contributed by atoms with Gasteiger partial charge in [-0.05, 0) is 25.7 Å². The van der Waals surface area contributed by atoms with Gasteiger partial charge >= 0.3 is 0 Å². The van der Waals surface area contributed by atoms with Crippen molar-refractivity contribution in [1.82, 2.24) is 14.7 Å². The number of amides is 2. The predicted molar refractivity (Wildman–Crippen MR) is 80.4 cm³/mol. The summed E-state index contributed by atoms with van der Waals surface area (Å²) < 4.78 is 7.41. The third-order valence-corrected chi connectivity index (χ3v) is 4.22. The standard InChI is InChI=1S/C15H22N4O3/c1-11(20)16-14-6-8-19(17-14)12-5-7-18(10-12)15(21)13-4-2-3-9-22-13/h6,8,12-13H,2-5,7,9-10H2,1H3,(H,16,17,20)/t12-,13-/m0/s1. The van der Waals surface area contributed by atoms with Crippen LogP contribution in [0.25, 0.3) is 0 Å². The smallest absolute Gasteiger partial charge is 0.251 e. The summed E-state index contributed by atoms with van der Waals surface area (Å²) in [5.74, 6) is 0.521. The fourth-order valence-corrected chi connectivity index (χ4v) is 3.09. The van der Waals surface area contributed by atoms with Crippen LogP contribution in [-0.4, -0.2) is 52.3 Å². The van der Waals surface area contributed by atoms with Crippen LogP contribution in [0, 0.1) is 0 Å². The highest BCUT2D eigenvalue weighted by atomic mass is 16.5. The van der Waals surface area contributed by atoms with Crippen LogP contribution in [0.5, 0.6) is 0 Å². The number of ether oxygens (including phenoxy) is 1. The van der Waals surface area contributed by atoms with Crippen LogP contribution in [-0.2, 0) is 14.3 Å². The number of carbonyl (C=O) groups excluding carboxylic acids is 2. The SMILES string of the molecule is CC(=O)Nc1ccn([C@H]2CCN(C(=O)[C@@H]3CCCCO3)C2)n1. The van der Waals surface area contributed by atoms with Gasteiger partial charge in [-0.2, -0.15) is 5.10 Å². The fraction of sp³-hybridized carbons (Fsp3) is 0.667. The van der Waals surface area contributed by atoms with Crippen LogP contribution < -0.4 is 5.32 Å². The van der Waals surface area contributed by atoms with Crippen LogP contribution in [0.2, 0.25) is 0 Å². The molecule has 0 aromatic carbocycles. The molecule has 0 aliphatic carbocycles. The predicted octanol–water partition coefficient (Wildman–Crippen LogP) is 1.18. The van der Waals surface area contributed by atoms with E-state index >= 15 is 0 Å². The first kappa shape index (κ1) is 15.0. The Morgan fingerprint density at radius 3 is 2.95 bits per heavy atom. The molecule has 0 unspecified atom stereocenters. The lowest BCUT2D eigenvalue weighted by molar-refractivity contribution is -0.145. The minimum Gasteiger partial charge on any atom is -0.368 e.